The Kier molecular flexibility index (Phi) is 5.02. The maximum Gasteiger partial charge on any atom is 0.285 e. The zero-order valence-corrected chi connectivity index (χ0v) is 12.3. The highest BCUT2D eigenvalue weighted by molar-refractivity contribution is 5.98. The highest BCUT2D eigenvalue weighted by Crippen LogP contribution is 2.23. The van der Waals surface area contributed by atoms with E-state index in [9.17, 15) is 24.4 Å². The lowest BCUT2D eigenvalue weighted by Crippen LogP contribution is -2.29. The Hall–Kier alpha value is -2.80. The van der Waals surface area contributed by atoms with Gasteiger partial charge < -0.3 is 10.4 Å². The van der Waals surface area contributed by atoms with Crippen LogP contribution in [-0.4, -0.2) is 22.5 Å². The fourth-order valence-corrected chi connectivity index (χ4v) is 2.17. The van der Waals surface area contributed by atoms with E-state index in [2.05, 4.69) is 5.32 Å². The third kappa shape index (κ3) is 3.89. The lowest BCUT2D eigenvalue weighted by molar-refractivity contribution is -0.385. The van der Waals surface area contributed by atoms with E-state index in [-0.39, 0.29) is 17.8 Å². The van der Waals surface area contributed by atoms with Crippen LogP contribution < -0.4 is 5.32 Å². The number of nitrogens with one attached hydrogen (secondary N) is 1. The summed E-state index contributed by atoms with van der Waals surface area (Å²) in [6, 6.07) is 9.65. The molecule has 0 bridgehead atoms. The lowest BCUT2D eigenvalue weighted by atomic mass is 10.1. The smallest absolute Gasteiger partial charge is 0.285 e. The molecule has 120 valence electrons. The molecule has 0 saturated carbocycles. The van der Waals surface area contributed by atoms with Crippen molar-refractivity contribution in [2.45, 2.75) is 13.0 Å². The van der Waals surface area contributed by atoms with Crippen molar-refractivity contribution in [1.29, 1.82) is 0 Å². The molecular weight excluding hydrogens is 303 g/mol. The summed E-state index contributed by atoms with van der Waals surface area (Å²) < 4.78 is 12.8. The molecule has 2 aromatic carbocycles. The first-order valence-electron chi connectivity index (χ1n) is 6.86. The van der Waals surface area contributed by atoms with Gasteiger partial charge in [-0.2, -0.15) is 0 Å². The molecule has 0 aliphatic rings. The number of halogens is 1. The Morgan fingerprint density at radius 2 is 1.96 bits per heavy atom. The van der Waals surface area contributed by atoms with E-state index in [1.807, 2.05) is 0 Å². The predicted octanol–water partition coefficient (Wildman–Crippen LogP) is 2.51. The molecule has 0 aliphatic heterocycles. The number of amides is 1. The number of carbonyl (C=O) groups is 1. The molecule has 6 nitrogen and oxygen atoms in total. The number of aliphatic hydroxyl groups excluding tert-OH is 1. The van der Waals surface area contributed by atoms with Gasteiger partial charge in [0.25, 0.3) is 11.6 Å². The van der Waals surface area contributed by atoms with Gasteiger partial charge in [-0.25, -0.2) is 4.39 Å². The Balaban J connectivity index is 2.10. The van der Waals surface area contributed by atoms with E-state index in [4.69, 9.17) is 0 Å². The van der Waals surface area contributed by atoms with Gasteiger partial charge in [-0.3, -0.25) is 14.9 Å². The van der Waals surface area contributed by atoms with Crippen molar-refractivity contribution in [1.82, 2.24) is 5.32 Å². The van der Waals surface area contributed by atoms with Crippen LogP contribution in [0.15, 0.2) is 42.5 Å². The van der Waals surface area contributed by atoms with Crippen molar-refractivity contribution in [2.24, 2.45) is 0 Å². The van der Waals surface area contributed by atoms with Crippen molar-refractivity contribution in [3.8, 4) is 0 Å². The molecule has 0 aromatic heterocycles. The van der Waals surface area contributed by atoms with Gasteiger partial charge >= 0.3 is 0 Å². The largest absolute Gasteiger partial charge is 0.387 e. The number of carbonyl (C=O) groups excluding carboxylic acids is 1. The van der Waals surface area contributed by atoms with Crippen molar-refractivity contribution in [3.05, 3.63) is 75.1 Å². The summed E-state index contributed by atoms with van der Waals surface area (Å²) >= 11 is 0. The molecule has 1 atom stereocenters. The molecule has 0 aliphatic carbocycles. The van der Waals surface area contributed by atoms with E-state index in [0.29, 0.717) is 11.1 Å². The molecule has 7 heteroatoms. The number of hydrogen-bond acceptors (Lipinski definition) is 4. The van der Waals surface area contributed by atoms with E-state index < -0.39 is 22.8 Å². The van der Waals surface area contributed by atoms with Gasteiger partial charge in [0.2, 0.25) is 0 Å². The summed E-state index contributed by atoms with van der Waals surface area (Å²) in [7, 11) is 0. The SMILES string of the molecule is Cc1cccc(C(=O)NCC(O)c2ccc(F)cc2)c1[N+](=O)[O-]. The van der Waals surface area contributed by atoms with Gasteiger partial charge in [-0.05, 0) is 30.7 Å². The zero-order chi connectivity index (χ0) is 17.0. The quantitative estimate of drug-likeness (QED) is 0.654. The van der Waals surface area contributed by atoms with Crippen LogP contribution in [0.5, 0.6) is 0 Å². The topological polar surface area (TPSA) is 92.5 Å². The molecule has 23 heavy (non-hydrogen) atoms. The number of nitro groups is 1. The number of nitro benzene ring substituents is 1. The number of nitrogens with zero attached hydrogens (tertiary/aromatic N) is 1. The monoisotopic (exact) mass is 318 g/mol. The van der Waals surface area contributed by atoms with Crippen LogP contribution in [0, 0.1) is 22.9 Å². The average molecular weight is 318 g/mol. The minimum absolute atomic E-state index is 0.0682. The molecule has 2 rings (SSSR count). The van der Waals surface area contributed by atoms with Crippen molar-refractivity contribution >= 4 is 11.6 Å². The van der Waals surface area contributed by atoms with Gasteiger partial charge in [-0.15, -0.1) is 0 Å². The van der Waals surface area contributed by atoms with Gasteiger partial charge in [0.15, 0.2) is 0 Å². The highest BCUT2D eigenvalue weighted by Gasteiger charge is 2.22. The van der Waals surface area contributed by atoms with Gasteiger partial charge in [-0.1, -0.05) is 24.3 Å². The Labute approximate surface area is 131 Å². The van der Waals surface area contributed by atoms with Crippen LogP contribution in [0.1, 0.15) is 27.6 Å². The number of rotatable bonds is 5. The lowest BCUT2D eigenvalue weighted by Gasteiger charge is -2.12. The zero-order valence-electron chi connectivity index (χ0n) is 12.3. The van der Waals surface area contributed by atoms with Gasteiger partial charge in [0.05, 0.1) is 11.0 Å². The molecule has 0 heterocycles. The van der Waals surface area contributed by atoms with Crippen molar-refractivity contribution < 1.29 is 19.2 Å². The summed E-state index contributed by atoms with van der Waals surface area (Å²) in [6.07, 6.45) is -1.04. The molecular formula is C16H15FN2O4. The third-order valence-corrected chi connectivity index (χ3v) is 3.38. The number of hydrogen-bond donors (Lipinski definition) is 2. The van der Waals surface area contributed by atoms with Crippen LogP contribution in [0.2, 0.25) is 0 Å². The van der Waals surface area contributed by atoms with E-state index in [1.165, 1.54) is 30.3 Å². The van der Waals surface area contributed by atoms with E-state index >= 15 is 0 Å². The number of para-hydroxylation sites is 1. The third-order valence-electron chi connectivity index (χ3n) is 3.38. The molecule has 2 aromatic rings. The average Bonchev–Trinajstić information content (AvgIpc) is 2.52. The predicted molar refractivity (Wildman–Crippen MR) is 81.5 cm³/mol. The normalized spacial score (nSPS) is 11.8. The van der Waals surface area contributed by atoms with Gasteiger partial charge in [0, 0.05) is 12.1 Å². The Bertz CT molecular complexity index is 731. The molecule has 0 fully saturated rings. The van der Waals surface area contributed by atoms with E-state index in [0.717, 1.165) is 0 Å². The molecule has 0 saturated heterocycles. The fourth-order valence-electron chi connectivity index (χ4n) is 2.17. The van der Waals surface area contributed by atoms with Crippen molar-refractivity contribution in [3.63, 3.8) is 0 Å². The molecule has 2 N–H and O–H groups in total. The van der Waals surface area contributed by atoms with E-state index in [1.54, 1.807) is 19.1 Å². The number of aryl methyl sites for hydroxylation is 1. The maximum absolute atomic E-state index is 12.8. The first kappa shape index (κ1) is 16.6. The molecule has 1 unspecified atom stereocenters. The van der Waals surface area contributed by atoms with Crippen LogP contribution in [-0.2, 0) is 0 Å². The standard InChI is InChI=1S/C16H15FN2O4/c1-10-3-2-4-13(15(10)19(22)23)16(21)18-9-14(20)11-5-7-12(17)8-6-11/h2-8,14,20H,9H2,1H3,(H,18,21). The first-order valence-corrected chi connectivity index (χ1v) is 6.86. The first-order chi connectivity index (χ1) is 10.9. The summed E-state index contributed by atoms with van der Waals surface area (Å²) in [6.45, 7) is 1.40. The van der Waals surface area contributed by atoms with Crippen LogP contribution in [0.4, 0.5) is 10.1 Å². The maximum atomic E-state index is 12.8. The minimum Gasteiger partial charge on any atom is -0.387 e. The van der Waals surface area contributed by atoms with Crippen LogP contribution >= 0.6 is 0 Å². The van der Waals surface area contributed by atoms with Gasteiger partial charge in [0.1, 0.15) is 11.4 Å². The van der Waals surface area contributed by atoms with Crippen molar-refractivity contribution in [2.75, 3.05) is 6.54 Å². The molecule has 0 spiro atoms. The second kappa shape index (κ2) is 6.97. The molecule has 0 radical (unpaired) electrons. The second-order valence-electron chi connectivity index (χ2n) is 5.01. The fraction of sp³-hybridized carbons (Fsp3) is 0.188. The number of aliphatic hydroxyl groups is 1. The highest BCUT2D eigenvalue weighted by atomic mass is 19.1. The Morgan fingerprint density at radius 1 is 1.30 bits per heavy atom. The second-order valence-corrected chi connectivity index (χ2v) is 5.01. The molecule has 1 amide bonds. The summed E-state index contributed by atoms with van der Waals surface area (Å²) in [5, 5.41) is 23.5. The van der Waals surface area contributed by atoms with Crippen LogP contribution in [0.25, 0.3) is 0 Å². The Morgan fingerprint density at radius 3 is 2.57 bits per heavy atom. The van der Waals surface area contributed by atoms with Crippen LogP contribution in [0.3, 0.4) is 0 Å². The summed E-state index contributed by atoms with van der Waals surface area (Å²) in [5.74, 6) is -1.08. The number of benzene rings is 2. The summed E-state index contributed by atoms with van der Waals surface area (Å²) in [5.41, 5.74) is 0.481. The minimum atomic E-state index is -1.04. The summed E-state index contributed by atoms with van der Waals surface area (Å²) in [4.78, 5) is 22.6.